The van der Waals surface area contributed by atoms with Crippen molar-refractivity contribution in [1.82, 2.24) is 10.2 Å². The van der Waals surface area contributed by atoms with E-state index in [-0.39, 0.29) is 23.8 Å². The van der Waals surface area contributed by atoms with Crippen molar-refractivity contribution in [1.29, 1.82) is 0 Å². The summed E-state index contributed by atoms with van der Waals surface area (Å²) in [5.41, 5.74) is 5.80. The Morgan fingerprint density at radius 2 is 2.19 bits per heavy atom. The number of amides is 2. The van der Waals surface area contributed by atoms with Gasteiger partial charge in [-0.15, -0.1) is 0 Å². The topological polar surface area (TPSA) is 84.7 Å². The van der Waals surface area contributed by atoms with Crippen LogP contribution in [0.15, 0.2) is 0 Å². The van der Waals surface area contributed by atoms with E-state index in [9.17, 15) is 9.59 Å². The minimum Gasteiger partial charge on any atom is -0.377 e. The molecule has 1 unspecified atom stereocenters. The Labute approximate surface area is 126 Å². The Balaban J connectivity index is 1.97. The van der Waals surface area contributed by atoms with Crippen LogP contribution in [-0.2, 0) is 14.3 Å². The summed E-state index contributed by atoms with van der Waals surface area (Å²) in [5, 5.41) is 2.85. The highest BCUT2D eigenvalue weighted by molar-refractivity contribution is 5.88. The van der Waals surface area contributed by atoms with Crippen LogP contribution in [0.5, 0.6) is 0 Å². The smallest absolute Gasteiger partial charge is 0.245 e. The van der Waals surface area contributed by atoms with Gasteiger partial charge in [0.25, 0.3) is 0 Å². The number of carbonyl (C=O) groups excluding carboxylic acids is 2. The number of nitrogens with zero attached hydrogens (tertiary/aromatic N) is 1. The van der Waals surface area contributed by atoms with Gasteiger partial charge in [0.05, 0.1) is 13.2 Å². The Morgan fingerprint density at radius 3 is 2.76 bits per heavy atom. The summed E-state index contributed by atoms with van der Waals surface area (Å²) in [6.07, 6.45) is 4.52. The minimum atomic E-state index is -0.493. The van der Waals surface area contributed by atoms with Gasteiger partial charge < -0.3 is 20.7 Å². The standard InChI is InChI=1S/C15H27N3O3/c1-2-6-17-14(20)12-10-21-8-7-18(12)13(19)9-15(11-16)4-3-5-15/h12H,2-11,16H2,1H3,(H,17,20). The predicted molar refractivity (Wildman–Crippen MR) is 79.6 cm³/mol. The van der Waals surface area contributed by atoms with Gasteiger partial charge in [0.1, 0.15) is 6.04 Å². The molecule has 1 aliphatic carbocycles. The van der Waals surface area contributed by atoms with Gasteiger partial charge in [-0.05, 0) is 31.2 Å². The Hall–Kier alpha value is -1.14. The van der Waals surface area contributed by atoms with Crippen molar-refractivity contribution in [3.8, 4) is 0 Å². The maximum Gasteiger partial charge on any atom is 0.245 e. The van der Waals surface area contributed by atoms with E-state index in [4.69, 9.17) is 10.5 Å². The van der Waals surface area contributed by atoms with E-state index in [1.54, 1.807) is 4.90 Å². The second-order valence-electron chi connectivity index (χ2n) is 6.20. The van der Waals surface area contributed by atoms with Crippen molar-refractivity contribution < 1.29 is 14.3 Å². The fourth-order valence-electron chi connectivity index (χ4n) is 3.04. The summed E-state index contributed by atoms with van der Waals surface area (Å²) in [7, 11) is 0. The molecule has 6 heteroatoms. The molecule has 1 heterocycles. The Morgan fingerprint density at radius 1 is 1.43 bits per heavy atom. The molecule has 2 fully saturated rings. The van der Waals surface area contributed by atoms with Crippen LogP contribution in [0.3, 0.4) is 0 Å². The highest BCUT2D eigenvalue weighted by Gasteiger charge is 2.41. The van der Waals surface area contributed by atoms with Gasteiger partial charge >= 0.3 is 0 Å². The van der Waals surface area contributed by atoms with Gasteiger partial charge in [-0.3, -0.25) is 9.59 Å². The Bertz CT molecular complexity index is 377. The van der Waals surface area contributed by atoms with Crippen molar-refractivity contribution in [2.24, 2.45) is 11.1 Å². The van der Waals surface area contributed by atoms with E-state index in [1.165, 1.54) is 0 Å². The average molecular weight is 297 g/mol. The Kier molecular flexibility index (Phi) is 5.58. The van der Waals surface area contributed by atoms with Crippen LogP contribution in [0.25, 0.3) is 0 Å². The molecule has 120 valence electrons. The van der Waals surface area contributed by atoms with Gasteiger partial charge in [0, 0.05) is 19.5 Å². The molecule has 0 aromatic carbocycles. The summed E-state index contributed by atoms with van der Waals surface area (Å²) in [6.45, 7) is 4.46. The zero-order valence-corrected chi connectivity index (χ0v) is 12.9. The van der Waals surface area contributed by atoms with Crippen LogP contribution >= 0.6 is 0 Å². The lowest BCUT2D eigenvalue weighted by atomic mass is 9.66. The monoisotopic (exact) mass is 297 g/mol. The molecule has 0 bridgehead atoms. The first-order valence-electron chi connectivity index (χ1n) is 7.97. The fourth-order valence-corrected chi connectivity index (χ4v) is 3.04. The normalized spacial score (nSPS) is 24.3. The molecule has 2 aliphatic rings. The molecule has 0 spiro atoms. The highest BCUT2D eigenvalue weighted by atomic mass is 16.5. The first kappa shape index (κ1) is 16.2. The predicted octanol–water partition coefficient (Wildman–Crippen LogP) is 0.259. The van der Waals surface area contributed by atoms with Crippen LogP contribution in [0, 0.1) is 5.41 Å². The number of hydrogen-bond donors (Lipinski definition) is 2. The van der Waals surface area contributed by atoms with Gasteiger partial charge in [-0.2, -0.15) is 0 Å². The second kappa shape index (κ2) is 7.22. The van der Waals surface area contributed by atoms with Crippen LogP contribution in [0.4, 0.5) is 0 Å². The molecule has 21 heavy (non-hydrogen) atoms. The number of nitrogens with one attached hydrogen (secondary N) is 1. The molecule has 1 atom stereocenters. The molecular weight excluding hydrogens is 270 g/mol. The van der Waals surface area contributed by atoms with Crippen molar-refractivity contribution in [2.45, 2.75) is 45.1 Å². The third-order valence-electron chi connectivity index (χ3n) is 4.67. The highest BCUT2D eigenvalue weighted by Crippen LogP contribution is 2.43. The van der Waals surface area contributed by atoms with Crippen LogP contribution in [-0.4, -0.2) is 55.6 Å². The lowest BCUT2D eigenvalue weighted by Crippen LogP contribution is -2.57. The molecule has 2 rings (SSSR count). The summed E-state index contributed by atoms with van der Waals surface area (Å²) in [6, 6.07) is -0.493. The molecule has 6 nitrogen and oxygen atoms in total. The zero-order chi connectivity index (χ0) is 15.3. The third-order valence-corrected chi connectivity index (χ3v) is 4.67. The second-order valence-corrected chi connectivity index (χ2v) is 6.20. The third kappa shape index (κ3) is 3.74. The summed E-state index contributed by atoms with van der Waals surface area (Å²) < 4.78 is 5.38. The van der Waals surface area contributed by atoms with Gasteiger partial charge in [-0.25, -0.2) is 0 Å². The average Bonchev–Trinajstić information content (AvgIpc) is 2.48. The maximum absolute atomic E-state index is 12.6. The van der Waals surface area contributed by atoms with Gasteiger partial charge in [0.2, 0.25) is 11.8 Å². The lowest BCUT2D eigenvalue weighted by Gasteiger charge is -2.43. The van der Waals surface area contributed by atoms with E-state index < -0.39 is 6.04 Å². The first-order chi connectivity index (χ1) is 10.1. The van der Waals surface area contributed by atoms with Crippen molar-refractivity contribution in [2.75, 3.05) is 32.8 Å². The van der Waals surface area contributed by atoms with E-state index >= 15 is 0 Å². The minimum absolute atomic E-state index is 0.0279. The number of hydrogen-bond acceptors (Lipinski definition) is 4. The number of rotatable bonds is 6. The molecule has 3 N–H and O–H groups in total. The molecule has 1 saturated heterocycles. The maximum atomic E-state index is 12.6. The van der Waals surface area contributed by atoms with E-state index in [1.807, 2.05) is 6.92 Å². The van der Waals surface area contributed by atoms with E-state index in [0.29, 0.717) is 32.7 Å². The molecule has 2 amide bonds. The molecule has 0 aromatic heterocycles. The molecule has 1 aliphatic heterocycles. The zero-order valence-electron chi connectivity index (χ0n) is 12.9. The summed E-state index contributed by atoms with van der Waals surface area (Å²) >= 11 is 0. The quantitative estimate of drug-likeness (QED) is 0.736. The largest absolute Gasteiger partial charge is 0.377 e. The van der Waals surface area contributed by atoms with Crippen LogP contribution in [0.1, 0.15) is 39.0 Å². The molecule has 1 saturated carbocycles. The summed E-state index contributed by atoms with van der Waals surface area (Å²) in [5.74, 6) is -0.0691. The van der Waals surface area contributed by atoms with E-state index in [2.05, 4.69) is 5.32 Å². The van der Waals surface area contributed by atoms with Crippen LogP contribution in [0.2, 0.25) is 0 Å². The van der Waals surface area contributed by atoms with Crippen molar-refractivity contribution >= 4 is 11.8 Å². The van der Waals surface area contributed by atoms with E-state index in [0.717, 1.165) is 25.7 Å². The van der Waals surface area contributed by atoms with Crippen molar-refractivity contribution in [3.05, 3.63) is 0 Å². The molecule has 0 radical (unpaired) electrons. The number of morpholine rings is 1. The molecule has 0 aromatic rings. The van der Waals surface area contributed by atoms with Crippen molar-refractivity contribution in [3.63, 3.8) is 0 Å². The number of carbonyl (C=O) groups is 2. The van der Waals surface area contributed by atoms with Gasteiger partial charge in [0.15, 0.2) is 0 Å². The van der Waals surface area contributed by atoms with Crippen LogP contribution < -0.4 is 11.1 Å². The first-order valence-corrected chi connectivity index (χ1v) is 7.97. The lowest BCUT2D eigenvalue weighted by molar-refractivity contribution is -0.151. The molecular formula is C15H27N3O3. The number of nitrogens with two attached hydrogens (primary N) is 1. The fraction of sp³-hybridized carbons (Fsp3) is 0.867. The number of ether oxygens (including phenoxy) is 1. The van der Waals surface area contributed by atoms with Gasteiger partial charge in [-0.1, -0.05) is 13.3 Å². The summed E-state index contributed by atoms with van der Waals surface area (Å²) in [4.78, 5) is 26.5. The SMILES string of the molecule is CCCNC(=O)C1COCCN1C(=O)CC1(CN)CCC1.